The molecule has 322 valence electrons. The number of benzene rings is 4. The summed E-state index contributed by atoms with van der Waals surface area (Å²) in [7, 11) is 0. The Labute approximate surface area is 376 Å². The molecule has 4 aromatic carbocycles. The Kier molecular flexibility index (Phi) is 12.4. The largest absolute Gasteiger partial charge is 0.465 e. The number of aromatic nitrogens is 4. The van der Waals surface area contributed by atoms with E-state index in [0.717, 1.165) is 78.1 Å². The van der Waals surface area contributed by atoms with Crippen molar-refractivity contribution in [1.82, 2.24) is 24.8 Å². The highest BCUT2D eigenvalue weighted by molar-refractivity contribution is 6.03. The summed E-state index contributed by atoms with van der Waals surface area (Å²) < 4.78 is 10.3. The molecule has 0 atom stereocenters. The van der Waals surface area contributed by atoms with E-state index in [0.29, 0.717) is 16.9 Å². The molecule has 0 aliphatic carbocycles. The lowest BCUT2D eigenvalue weighted by molar-refractivity contribution is -0.148. The van der Waals surface area contributed by atoms with Gasteiger partial charge in [-0.15, -0.1) is 0 Å². The van der Waals surface area contributed by atoms with Crippen LogP contribution < -0.4 is 5.32 Å². The zero-order valence-electron chi connectivity index (χ0n) is 36.0. The molecule has 2 aliphatic heterocycles. The van der Waals surface area contributed by atoms with Crippen LogP contribution in [0.5, 0.6) is 0 Å². The zero-order chi connectivity index (χ0) is 44.7. The summed E-state index contributed by atoms with van der Waals surface area (Å²) in [5, 5.41) is 3.08. The second-order valence-electron chi connectivity index (χ2n) is 15.4. The van der Waals surface area contributed by atoms with E-state index in [9.17, 15) is 14.4 Å². The molecule has 65 heavy (non-hydrogen) atoms. The van der Waals surface area contributed by atoms with Crippen LogP contribution in [0, 0.1) is 0 Å². The second-order valence-corrected chi connectivity index (χ2v) is 15.4. The third-order valence-electron chi connectivity index (χ3n) is 11.1. The van der Waals surface area contributed by atoms with Crippen LogP contribution in [0.3, 0.4) is 0 Å². The van der Waals surface area contributed by atoms with Crippen molar-refractivity contribution >= 4 is 69.9 Å². The number of hydrogen-bond donors (Lipinski definition) is 3. The molecular weight excluding hydrogens is 813 g/mol. The van der Waals surface area contributed by atoms with Crippen molar-refractivity contribution in [1.29, 1.82) is 0 Å². The van der Waals surface area contributed by atoms with E-state index in [1.54, 1.807) is 13.8 Å². The predicted molar refractivity (Wildman–Crippen MR) is 259 cm³/mol. The fraction of sp³-hybridized carbons (Fsp3) is 0.130. The van der Waals surface area contributed by atoms with Crippen molar-refractivity contribution in [2.45, 2.75) is 13.8 Å². The number of nitrogens with zero attached hydrogens (tertiary/aromatic N) is 3. The molecule has 0 spiro atoms. The Morgan fingerprint density at radius 2 is 0.846 bits per heavy atom. The smallest absolute Gasteiger partial charge is 0.320 e. The molecule has 0 fully saturated rings. The number of carbonyl (C=O) groups excluding carboxylic acids is 3. The van der Waals surface area contributed by atoms with Crippen LogP contribution in [0.2, 0.25) is 0 Å². The van der Waals surface area contributed by atoms with Crippen molar-refractivity contribution in [3.8, 4) is 44.5 Å². The van der Waals surface area contributed by atoms with Crippen LogP contribution in [-0.4, -0.2) is 75.5 Å². The summed E-state index contributed by atoms with van der Waals surface area (Å²) >= 11 is 0. The number of H-pyrrole nitrogens is 2. The predicted octanol–water partition coefficient (Wildman–Crippen LogP) is 10.7. The van der Waals surface area contributed by atoms with E-state index in [1.165, 1.54) is 4.90 Å². The van der Waals surface area contributed by atoms with Gasteiger partial charge in [-0.1, -0.05) is 109 Å². The number of ether oxygens (including phenoxy) is 2. The topological polar surface area (TPSA) is 142 Å². The summed E-state index contributed by atoms with van der Waals surface area (Å²) in [6.07, 6.45) is 8.17. The first kappa shape index (κ1) is 42.2. The van der Waals surface area contributed by atoms with Gasteiger partial charge in [-0.3, -0.25) is 19.3 Å². The van der Waals surface area contributed by atoms with E-state index in [1.807, 2.05) is 97.1 Å². The average Bonchev–Trinajstić information content (AvgIpc) is 4.17. The Balaban J connectivity index is 1.29. The molecule has 3 aromatic heterocycles. The molecule has 1 amide bonds. The molecule has 11 heteroatoms. The van der Waals surface area contributed by atoms with Gasteiger partial charge in [0.25, 0.3) is 0 Å². The number of aromatic amines is 2. The van der Waals surface area contributed by atoms with E-state index < -0.39 is 17.8 Å². The molecule has 5 heterocycles. The lowest BCUT2D eigenvalue weighted by atomic mass is 10.0. The standard InChI is InChI=1S/C54H46N6O5/c1-3-64-49(62)33-60(34-50(63)65-4-2)32-48(61)59-39-23-15-14-22-38(39)54-46-30-28-44(57-46)52(36-18-10-6-11-19-36)42-26-24-40(55-42)51(35-16-8-5-9-17-35)41-25-27-43(56-41)53(37-20-12-7-13-21-37)45-29-31-47(54)58-45/h5-31,55,58H,3-4,32-34H2,1-2H3,(H,59,61). The molecule has 9 rings (SSSR count). The van der Waals surface area contributed by atoms with E-state index in [4.69, 9.17) is 19.4 Å². The minimum Gasteiger partial charge on any atom is -0.465 e. The third kappa shape index (κ3) is 9.18. The Bertz CT molecular complexity index is 3080. The molecule has 11 nitrogen and oxygen atoms in total. The Hall–Kier alpha value is -8.15. The van der Waals surface area contributed by atoms with Gasteiger partial charge in [-0.05, 0) is 85.2 Å². The van der Waals surface area contributed by atoms with E-state index in [2.05, 4.69) is 82.0 Å². The molecule has 0 saturated heterocycles. The molecular formula is C54H46N6O5. The van der Waals surface area contributed by atoms with Crippen molar-refractivity contribution in [3.05, 3.63) is 162 Å². The minimum atomic E-state index is -0.552. The van der Waals surface area contributed by atoms with Crippen LogP contribution in [0.1, 0.15) is 36.6 Å². The number of esters is 2. The SMILES string of the molecule is CCOC(=O)CN(CC(=O)Nc1ccccc1-c1c2nc(c(-c3ccccc3)c3ccc([nH]3)c(-c3ccccc3)c3nc(c(-c4ccccc4)c4ccc1[nH]4)C=C3)C=C2)CC(=O)OCC. The summed E-state index contributed by atoms with van der Waals surface area (Å²) in [5.41, 5.74) is 14.1. The molecule has 2 aliphatic rings. The van der Waals surface area contributed by atoms with E-state index in [-0.39, 0.29) is 32.8 Å². The van der Waals surface area contributed by atoms with Gasteiger partial charge in [0.05, 0.1) is 55.6 Å². The van der Waals surface area contributed by atoms with E-state index >= 15 is 0 Å². The first-order valence-corrected chi connectivity index (χ1v) is 21.6. The molecule has 7 aromatic rings. The fourth-order valence-electron chi connectivity index (χ4n) is 8.36. The maximum absolute atomic E-state index is 13.9. The molecule has 8 bridgehead atoms. The number of anilines is 1. The molecule has 0 unspecified atom stereocenters. The maximum Gasteiger partial charge on any atom is 0.320 e. The Morgan fingerprint density at radius 1 is 0.477 bits per heavy atom. The van der Waals surface area contributed by atoms with Gasteiger partial charge in [-0.25, -0.2) is 9.97 Å². The molecule has 3 N–H and O–H groups in total. The first-order valence-electron chi connectivity index (χ1n) is 21.6. The maximum atomic E-state index is 13.9. The van der Waals surface area contributed by atoms with Gasteiger partial charge in [0, 0.05) is 55.6 Å². The van der Waals surface area contributed by atoms with Crippen LogP contribution in [-0.2, 0) is 23.9 Å². The lowest BCUT2D eigenvalue weighted by Crippen LogP contribution is -2.41. The number of rotatable bonds is 13. The number of hydrogen-bond acceptors (Lipinski definition) is 8. The van der Waals surface area contributed by atoms with Crippen LogP contribution in [0.15, 0.2) is 140 Å². The molecule has 0 saturated carbocycles. The van der Waals surface area contributed by atoms with Crippen LogP contribution in [0.25, 0.3) is 90.9 Å². The van der Waals surface area contributed by atoms with Gasteiger partial charge in [0.15, 0.2) is 0 Å². The number of amides is 1. The summed E-state index contributed by atoms with van der Waals surface area (Å²) in [5.74, 6) is -1.54. The number of nitrogens with one attached hydrogen (secondary N) is 3. The summed E-state index contributed by atoms with van der Waals surface area (Å²) in [6, 6.07) is 46.5. The van der Waals surface area contributed by atoms with Gasteiger partial charge >= 0.3 is 11.9 Å². The van der Waals surface area contributed by atoms with Gasteiger partial charge < -0.3 is 24.8 Å². The third-order valence-corrected chi connectivity index (χ3v) is 11.1. The Morgan fingerprint density at radius 3 is 1.26 bits per heavy atom. The number of fused-ring (bicyclic) bond motifs is 8. The molecule has 0 radical (unpaired) electrons. The fourth-order valence-corrected chi connectivity index (χ4v) is 8.36. The monoisotopic (exact) mass is 858 g/mol. The van der Waals surface area contributed by atoms with Gasteiger partial charge in [-0.2, -0.15) is 0 Å². The van der Waals surface area contributed by atoms with Crippen molar-refractivity contribution in [3.63, 3.8) is 0 Å². The highest BCUT2D eigenvalue weighted by atomic mass is 16.5. The van der Waals surface area contributed by atoms with Crippen LogP contribution >= 0.6 is 0 Å². The van der Waals surface area contributed by atoms with Crippen molar-refractivity contribution in [2.24, 2.45) is 0 Å². The van der Waals surface area contributed by atoms with Gasteiger partial charge in [0.1, 0.15) is 0 Å². The average molecular weight is 859 g/mol. The van der Waals surface area contributed by atoms with Crippen molar-refractivity contribution < 1.29 is 23.9 Å². The highest BCUT2D eigenvalue weighted by Gasteiger charge is 2.23. The number of para-hydroxylation sites is 1. The second kappa shape index (κ2) is 19.1. The van der Waals surface area contributed by atoms with Gasteiger partial charge in [0.2, 0.25) is 5.91 Å². The van der Waals surface area contributed by atoms with Crippen LogP contribution in [0.4, 0.5) is 5.69 Å². The quantitative estimate of drug-likeness (QED) is 0.0973. The summed E-state index contributed by atoms with van der Waals surface area (Å²) in [6.45, 7) is 2.94. The highest BCUT2D eigenvalue weighted by Crippen LogP contribution is 2.40. The summed E-state index contributed by atoms with van der Waals surface area (Å²) in [4.78, 5) is 58.7. The minimum absolute atomic E-state index is 0.168. The van der Waals surface area contributed by atoms with Crippen molar-refractivity contribution in [2.75, 3.05) is 38.2 Å². The lowest BCUT2D eigenvalue weighted by Gasteiger charge is -2.20. The first-order chi connectivity index (χ1) is 31.9. The normalized spacial score (nSPS) is 11.7. The number of carbonyl (C=O) groups is 3. The zero-order valence-corrected chi connectivity index (χ0v) is 36.0.